The molecular weight excluding hydrogens is 265 g/mol. The van der Waals surface area contributed by atoms with E-state index in [-0.39, 0.29) is 10.7 Å². The van der Waals surface area contributed by atoms with Crippen molar-refractivity contribution in [2.24, 2.45) is 5.41 Å². The van der Waals surface area contributed by atoms with Crippen LogP contribution in [0.4, 0.5) is 21.5 Å². The number of anilines is 3. The Morgan fingerprint density at radius 2 is 1.89 bits per heavy atom. The number of nitrogens with zero attached hydrogens (tertiary/aromatic N) is 1. The van der Waals surface area contributed by atoms with Gasteiger partial charge in [-0.05, 0) is 24.3 Å². The van der Waals surface area contributed by atoms with Gasteiger partial charge in [0, 0.05) is 13.1 Å². The normalized spacial score (nSPS) is 18.6. The molecule has 1 aliphatic rings. The fourth-order valence-electron chi connectivity index (χ4n) is 2.60. The topological polar surface area (TPSA) is 55.3 Å². The van der Waals surface area contributed by atoms with E-state index in [4.69, 9.17) is 23.1 Å². The molecule has 0 saturated carbocycles. The molecule has 0 radical (unpaired) electrons. The maximum Gasteiger partial charge on any atom is 0.169 e. The summed E-state index contributed by atoms with van der Waals surface area (Å²) in [7, 11) is 0. The molecule has 3 nitrogen and oxygen atoms in total. The molecule has 1 saturated heterocycles. The van der Waals surface area contributed by atoms with Crippen LogP contribution in [0.2, 0.25) is 5.02 Å². The van der Waals surface area contributed by atoms with E-state index >= 15 is 0 Å². The third-order valence-electron chi connectivity index (χ3n) is 4.38. The lowest BCUT2D eigenvalue weighted by atomic mass is 9.78. The minimum Gasteiger partial charge on any atom is -0.397 e. The highest BCUT2D eigenvalue weighted by atomic mass is 35.5. The molecular formula is C14H21ClFN3. The molecule has 1 fully saturated rings. The van der Waals surface area contributed by atoms with E-state index in [0.29, 0.717) is 16.8 Å². The van der Waals surface area contributed by atoms with Crippen molar-refractivity contribution in [2.75, 3.05) is 29.5 Å². The average molecular weight is 286 g/mol. The van der Waals surface area contributed by atoms with Crippen molar-refractivity contribution in [3.8, 4) is 0 Å². The van der Waals surface area contributed by atoms with Crippen LogP contribution in [-0.2, 0) is 0 Å². The SMILES string of the molecule is CCC1(C)CCN(c2c(N)cc(N)c(Cl)c2F)CC1. The second-order valence-corrected chi connectivity index (χ2v) is 6.06. The van der Waals surface area contributed by atoms with E-state index in [9.17, 15) is 4.39 Å². The molecule has 1 aromatic rings. The van der Waals surface area contributed by atoms with Crippen LogP contribution in [0.25, 0.3) is 0 Å². The van der Waals surface area contributed by atoms with E-state index in [0.717, 1.165) is 32.4 Å². The first-order valence-corrected chi connectivity index (χ1v) is 7.03. The Hall–Kier alpha value is -1.16. The van der Waals surface area contributed by atoms with E-state index < -0.39 is 5.82 Å². The summed E-state index contributed by atoms with van der Waals surface area (Å²) in [5, 5.41) is -0.0342. The van der Waals surface area contributed by atoms with Gasteiger partial charge in [0.05, 0.1) is 17.1 Å². The largest absolute Gasteiger partial charge is 0.397 e. The second-order valence-electron chi connectivity index (χ2n) is 5.68. The van der Waals surface area contributed by atoms with Crippen molar-refractivity contribution in [1.29, 1.82) is 0 Å². The zero-order valence-electron chi connectivity index (χ0n) is 11.5. The molecule has 0 atom stereocenters. The van der Waals surface area contributed by atoms with Crippen LogP contribution in [0.1, 0.15) is 33.1 Å². The maximum absolute atomic E-state index is 14.2. The van der Waals surface area contributed by atoms with Gasteiger partial charge in [-0.1, -0.05) is 31.9 Å². The van der Waals surface area contributed by atoms with E-state index in [1.807, 2.05) is 4.90 Å². The Kier molecular flexibility index (Phi) is 3.81. The van der Waals surface area contributed by atoms with Crippen LogP contribution in [0.5, 0.6) is 0 Å². The lowest BCUT2D eigenvalue weighted by Gasteiger charge is -2.40. The van der Waals surface area contributed by atoms with Crippen molar-refractivity contribution in [1.82, 2.24) is 0 Å². The van der Waals surface area contributed by atoms with Crippen LogP contribution in [0, 0.1) is 11.2 Å². The summed E-state index contributed by atoms with van der Waals surface area (Å²) in [5.74, 6) is -0.501. The summed E-state index contributed by atoms with van der Waals surface area (Å²) < 4.78 is 14.2. The minimum absolute atomic E-state index is 0.0342. The van der Waals surface area contributed by atoms with Gasteiger partial charge in [0.15, 0.2) is 5.82 Å². The molecule has 19 heavy (non-hydrogen) atoms. The number of nitrogens with two attached hydrogens (primary N) is 2. The first-order valence-electron chi connectivity index (χ1n) is 6.66. The predicted octanol–water partition coefficient (Wildman–Crippen LogP) is 3.66. The van der Waals surface area contributed by atoms with Crippen LogP contribution >= 0.6 is 11.6 Å². The lowest BCUT2D eigenvalue weighted by Crippen LogP contribution is -2.39. The third kappa shape index (κ3) is 2.59. The average Bonchev–Trinajstić information content (AvgIpc) is 2.39. The lowest BCUT2D eigenvalue weighted by molar-refractivity contribution is 0.238. The number of piperidine rings is 1. The molecule has 0 aromatic heterocycles. The standard InChI is InChI=1S/C14H21ClFN3/c1-3-14(2)4-6-19(7-5-14)13-10(18)8-9(17)11(15)12(13)16/h8H,3-7,17-18H2,1-2H3. The van der Waals surface area contributed by atoms with Gasteiger partial charge in [-0.25, -0.2) is 4.39 Å². The maximum atomic E-state index is 14.2. The van der Waals surface area contributed by atoms with E-state index in [1.165, 1.54) is 6.07 Å². The molecule has 0 amide bonds. The Bertz CT molecular complexity index is 482. The van der Waals surface area contributed by atoms with Gasteiger partial charge >= 0.3 is 0 Å². The second kappa shape index (κ2) is 5.08. The number of hydrogen-bond donors (Lipinski definition) is 2. The highest BCUT2D eigenvalue weighted by molar-refractivity contribution is 6.33. The zero-order valence-corrected chi connectivity index (χ0v) is 12.2. The number of halogens is 2. The Balaban J connectivity index is 2.28. The van der Waals surface area contributed by atoms with E-state index in [2.05, 4.69) is 13.8 Å². The molecule has 0 aliphatic carbocycles. The van der Waals surface area contributed by atoms with Gasteiger partial charge in [0.1, 0.15) is 5.02 Å². The highest BCUT2D eigenvalue weighted by Gasteiger charge is 2.30. The monoisotopic (exact) mass is 285 g/mol. The summed E-state index contributed by atoms with van der Waals surface area (Å²) in [6, 6.07) is 1.54. The van der Waals surface area contributed by atoms with Crippen LogP contribution < -0.4 is 16.4 Å². The first kappa shape index (κ1) is 14.3. The molecule has 0 spiro atoms. The summed E-state index contributed by atoms with van der Waals surface area (Å²) in [5.41, 5.74) is 12.8. The van der Waals surface area contributed by atoms with Crippen LogP contribution in [0.15, 0.2) is 6.07 Å². The summed E-state index contributed by atoms with van der Waals surface area (Å²) in [4.78, 5) is 1.98. The van der Waals surface area contributed by atoms with Crippen molar-refractivity contribution >= 4 is 28.7 Å². The van der Waals surface area contributed by atoms with Crippen molar-refractivity contribution in [2.45, 2.75) is 33.1 Å². The van der Waals surface area contributed by atoms with Crippen molar-refractivity contribution in [3.63, 3.8) is 0 Å². The molecule has 1 aliphatic heterocycles. The van der Waals surface area contributed by atoms with Gasteiger partial charge in [-0.3, -0.25) is 0 Å². The Morgan fingerprint density at radius 1 is 1.32 bits per heavy atom. The van der Waals surface area contributed by atoms with Gasteiger partial charge in [0.25, 0.3) is 0 Å². The minimum atomic E-state index is -0.501. The Morgan fingerprint density at radius 3 is 2.42 bits per heavy atom. The van der Waals surface area contributed by atoms with Gasteiger partial charge in [-0.15, -0.1) is 0 Å². The fraction of sp³-hybridized carbons (Fsp3) is 0.571. The zero-order chi connectivity index (χ0) is 14.2. The molecule has 1 heterocycles. The number of rotatable bonds is 2. The Labute approximate surface area is 118 Å². The summed E-state index contributed by atoms with van der Waals surface area (Å²) >= 11 is 5.88. The summed E-state index contributed by atoms with van der Waals surface area (Å²) in [6.07, 6.45) is 3.20. The first-order chi connectivity index (χ1) is 8.88. The molecule has 2 rings (SSSR count). The summed E-state index contributed by atoms with van der Waals surface area (Å²) in [6.45, 7) is 6.07. The van der Waals surface area contributed by atoms with Crippen molar-refractivity contribution in [3.05, 3.63) is 16.9 Å². The van der Waals surface area contributed by atoms with Crippen molar-refractivity contribution < 1.29 is 4.39 Å². The quantitative estimate of drug-likeness (QED) is 0.815. The van der Waals surface area contributed by atoms with Crippen LogP contribution in [-0.4, -0.2) is 13.1 Å². The van der Waals surface area contributed by atoms with E-state index in [1.54, 1.807) is 0 Å². The molecule has 0 bridgehead atoms. The predicted molar refractivity (Wildman–Crippen MR) is 80.1 cm³/mol. The molecule has 1 aromatic carbocycles. The molecule has 106 valence electrons. The number of benzene rings is 1. The highest BCUT2D eigenvalue weighted by Crippen LogP contribution is 2.41. The fourth-order valence-corrected chi connectivity index (χ4v) is 2.75. The molecule has 4 N–H and O–H groups in total. The van der Waals surface area contributed by atoms with Gasteiger partial charge in [-0.2, -0.15) is 0 Å². The number of nitrogen functional groups attached to an aromatic ring is 2. The number of hydrogen-bond acceptors (Lipinski definition) is 3. The third-order valence-corrected chi connectivity index (χ3v) is 4.76. The van der Waals surface area contributed by atoms with Gasteiger partial charge < -0.3 is 16.4 Å². The molecule has 0 unspecified atom stereocenters. The molecule has 5 heteroatoms. The van der Waals surface area contributed by atoms with Gasteiger partial charge in [0.2, 0.25) is 0 Å². The van der Waals surface area contributed by atoms with Crippen LogP contribution in [0.3, 0.4) is 0 Å². The smallest absolute Gasteiger partial charge is 0.169 e.